The summed E-state index contributed by atoms with van der Waals surface area (Å²) < 4.78 is 0. The number of carboxylic acid groups (broad SMARTS) is 1. The number of likely N-dealkylation sites (tertiary alicyclic amines) is 1. The number of aryl methyl sites for hydroxylation is 1. The molecule has 1 heterocycles. The third-order valence-corrected chi connectivity index (χ3v) is 3.89. The second-order valence-electron chi connectivity index (χ2n) is 5.24. The first kappa shape index (κ1) is 13.1. The summed E-state index contributed by atoms with van der Waals surface area (Å²) in [6.45, 7) is 5.13. The highest BCUT2D eigenvalue weighted by molar-refractivity contribution is 5.80. The molecule has 4 nitrogen and oxygen atoms in total. The average molecular weight is 248 g/mol. The summed E-state index contributed by atoms with van der Waals surface area (Å²) in [6.07, 6.45) is 0.856. The first-order valence-electron chi connectivity index (χ1n) is 6.25. The summed E-state index contributed by atoms with van der Waals surface area (Å²) in [4.78, 5) is 13.7. The van der Waals surface area contributed by atoms with Crippen LogP contribution in [0.1, 0.15) is 24.5 Å². The third kappa shape index (κ3) is 2.13. The van der Waals surface area contributed by atoms with Gasteiger partial charge in [0.2, 0.25) is 0 Å². The lowest BCUT2D eigenvalue weighted by Crippen LogP contribution is -2.49. The number of hydrogen-bond donors (Lipinski definition) is 2. The number of hydrogen-bond acceptors (Lipinski definition) is 3. The normalized spacial score (nSPS) is 23.8. The van der Waals surface area contributed by atoms with Gasteiger partial charge in [-0.2, -0.15) is 0 Å². The molecular weight excluding hydrogens is 228 g/mol. The SMILES string of the molecule is Cc1ccc(C(C)(C(=O)O)N2CCC(N)C2)cc1. The Labute approximate surface area is 107 Å². The summed E-state index contributed by atoms with van der Waals surface area (Å²) >= 11 is 0. The maximum atomic E-state index is 11.7. The van der Waals surface area contributed by atoms with Crippen molar-refractivity contribution in [2.75, 3.05) is 13.1 Å². The summed E-state index contributed by atoms with van der Waals surface area (Å²) in [7, 11) is 0. The van der Waals surface area contributed by atoms with E-state index in [0.717, 1.165) is 24.1 Å². The lowest BCUT2D eigenvalue weighted by atomic mass is 9.89. The van der Waals surface area contributed by atoms with Gasteiger partial charge >= 0.3 is 5.97 Å². The fourth-order valence-corrected chi connectivity index (χ4v) is 2.51. The molecule has 98 valence electrons. The molecule has 1 aliphatic heterocycles. The first-order chi connectivity index (χ1) is 8.44. The fourth-order valence-electron chi connectivity index (χ4n) is 2.51. The molecular formula is C14H20N2O2. The van der Waals surface area contributed by atoms with E-state index in [1.807, 2.05) is 36.1 Å². The van der Waals surface area contributed by atoms with Crippen molar-refractivity contribution in [3.8, 4) is 0 Å². The van der Waals surface area contributed by atoms with E-state index in [4.69, 9.17) is 5.73 Å². The van der Waals surface area contributed by atoms with Crippen molar-refractivity contribution in [1.82, 2.24) is 4.90 Å². The van der Waals surface area contributed by atoms with Gasteiger partial charge in [0.25, 0.3) is 0 Å². The topological polar surface area (TPSA) is 66.6 Å². The van der Waals surface area contributed by atoms with E-state index >= 15 is 0 Å². The number of carbonyl (C=O) groups is 1. The minimum absolute atomic E-state index is 0.0779. The second kappa shape index (κ2) is 4.71. The molecule has 1 saturated heterocycles. The maximum absolute atomic E-state index is 11.7. The molecule has 0 radical (unpaired) electrons. The van der Waals surface area contributed by atoms with Gasteiger partial charge in [0.05, 0.1) is 0 Å². The molecule has 2 rings (SSSR count). The number of benzene rings is 1. The van der Waals surface area contributed by atoms with Crippen LogP contribution in [0.4, 0.5) is 0 Å². The number of carboxylic acids is 1. The molecule has 1 aromatic carbocycles. The van der Waals surface area contributed by atoms with Crippen LogP contribution in [-0.4, -0.2) is 35.1 Å². The quantitative estimate of drug-likeness (QED) is 0.847. The molecule has 0 aliphatic carbocycles. The number of rotatable bonds is 3. The van der Waals surface area contributed by atoms with Crippen molar-refractivity contribution in [3.63, 3.8) is 0 Å². The van der Waals surface area contributed by atoms with Crippen molar-refractivity contribution in [1.29, 1.82) is 0 Å². The summed E-state index contributed by atoms with van der Waals surface area (Å²) in [5.41, 5.74) is 6.85. The van der Waals surface area contributed by atoms with Gasteiger partial charge in [-0.1, -0.05) is 29.8 Å². The molecule has 0 saturated carbocycles. The van der Waals surface area contributed by atoms with Gasteiger partial charge in [0.1, 0.15) is 5.54 Å². The van der Waals surface area contributed by atoms with Crippen LogP contribution in [0.5, 0.6) is 0 Å². The Kier molecular flexibility index (Phi) is 3.41. The van der Waals surface area contributed by atoms with Crippen LogP contribution in [0.15, 0.2) is 24.3 Å². The maximum Gasteiger partial charge on any atom is 0.328 e. The summed E-state index contributed by atoms with van der Waals surface area (Å²) in [6, 6.07) is 7.77. The van der Waals surface area contributed by atoms with E-state index in [1.54, 1.807) is 6.92 Å². The van der Waals surface area contributed by atoms with Crippen LogP contribution in [0.3, 0.4) is 0 Å². The molecule has 18 heavy (non-hydrogen) atoms. The van der Waals surface area contributed by atoms with Gasteiger partial charge in [-0.25, -0.2) is 4.79 Å². The van der Waals surface area contributed by atoms with Gasteiger partial charge in [-0.15, -0.1) is 0 Å². The summed E-state index contributed by atoms with van der Waals surface area (Å²) in [5, 5.41) is 9.62. The van der Waals surface area contributed by atoms with Crippen molar-refractivity contribution in [2.45, 2.75) is 31.8 Å². The van der Waals surface area contributed by atoms with E-state index < -0.39 is 11.5 Å². The largest absolute Gasteiger partial charge is 0.480 e. The van der Waals surface area contributed by atoms with Crippen molar-refractivity contribution >= 4 is 5.97 Å². The van der Waals surface area contributed by atoms with Crippen LogP contribution in [0, 0.1) is 6.92 Å². The predicted molar refractivity (Wildman–Crippen MR) is 70.3 cm³/mol. The minimum atomic E-state index is -0.984. The first-order valence-corrected chi connectivity index (χ1v) is 6.25. The number of nitrogens with zero attached hydrogens (tertiary/aromatic N) is 1. The molecule has 4 heteroatoms. The Morgan fingerprint density at radius 2 is 2.06 bits per heavy atom. The molecule has 0 bridgehead atoms. The van der Waals surface area contributed by atoms with Crippen LogP contribution in [-0.2, 0) is 10.3 Å². The van der Waals surface area contributed by atoms with Gasteiger partial charge in [0.15, 0.2) is 0 Å². The van der Waals surface area contributed by atoms with Gasteiger partial charge in [-0.05, 0) is 25.8 Å². The molecule has 3 N–H and O–H groups in total. The zero-order valence-corrected chi connectivity index (χ0v) is 10.9. The monoisotopic (exact) mass is 248 g/mol. The Bertz CT molecular complexity index is 444. The smallest absolute Gasteiger partial charge is 0.328 e. The fraction of sp³-hybridized carbons (Fsp3) is 0.500. The zero-order valence-electron chi connectivity index (χ0n) is 10.9. The standard InChI is InChI=1S/C14H20N2O2/c1-10-3-5-11(6-4-10)14(2,13(17)18)16-8-7-12(15)9-16/h3-6,12H,7-9,15H2,1-2H3,(H,17,18). The van der Waals surface area contributed by atoms with E-state index in [2.05, 4.69) is 0 Å². The molecule has 0 aromatic heterocycles. The Morgan fingerprint density at radius 3 is 2.50 bits per heavy atom. The number of nitrogens with two attached hydrogens (primary N) is 1. The molecule has 0 spiro atoms. The lowest BCUT2D eigenvalue weighted by molar-refractivity contribution is -0.150. The predicted octanol–water partition coefficient (Wildman–Crippen LogP) is 1.33. The van der Waals surface area contributed by atoms with Crippen LogP contribution < -0.4 is 5.73 Å². The summed E-state index contributed by atoms with van der Waals surface area (Å²) in [5.74, 6) is -0.819. The molecule has 0 amide bonds. The van der Waals surface area contributed by atoms with E-state index in [0.29, 0.717) is 6.54 Å². The van der Waals surface area contributed by atoms with Crippen LogP contribution >= 0.6 is 0 Å². The van der Waals surface area contributed by atoms with Crippen molar-refractivity contribution in [2.24, 2.45) is 5.73 Å². The van der Waals surface area contributed by atoms with Gasteiger partial charge < -0.3 is 10.8 Å². The molecule has 2 atom stereocenters. The lowest BCUT2D eigenvalue weighted by Gasteiger charge is -2.35. The highest BCUT2D eigenvalue weighted by Crippen LogP contribution is 2.31. The van der Waals surface area contributed by atoms with Crippen LogP contribution in [0.25, 0.3) is 0 Å². The Morgan fingerprint density at radius 1 is 1.44 bits per heavy atom. The minimum Gasteiger partial charge on any atom is -0.480 e. The van der Waals surface area contributed by atoms with E-state index in [1.165, 1.54) is 0 Å². The van der Waals surface area contributed by atoms with Crippen molar-refractivity contribution in [3.05, 3.63) is 35.4 Å². The molecule has 1 aliphatic rings. The Hall–Kier alpha value is -1.39. The molecule has 2 unspecified atom stereocenters. The van der Waals surface area contributed by atoms with E-state index in [-0.39, 0.29) is 6.04 Å². The third-order valence-electron chi connectivity index (χ3n) is 3.89. The van der Waals surface area contributed by atoms with Gasteiger partial charge in [-0.3, -0.25) is 4.90 Å². The number of aliphatic carboxylic acids is 1. The average Bonchev–Trinajstić information content (AvgIpc) is 2.76. The molecule has 1 fully saturated rings. The van der Waals surface area contributed by atoms with Crippen LogP contribution in [0.2, 0.25) is 0 Å². The van der Waals surface area contributed by atoms with Gasteiger partial charge in [0, 0.05) is 19.1 Å². The Balaban J connectivity index is 2.37. The highest BCUT2D eigenvalue weighted by Gasteiger charge is 2.43. The molecule has 1 aromatic rings. The van der Waals surface area contributed by atoms with E-state index in [9.17, 15) is 9.90 Å². The second-order valence-corrected chi connectivity index (χ2v) is 5.24. The zero-order chi connectivity index (χ0) is 13.3. The highest BCUT2D eigenvalue weighted by atomic mass is 16.4. The van der Waals surface area contributed by atoms with Crippen molar-refractivity contribution < 1.29 is 9.90 Å².